The van der Waals surface area contributed by atoms with Crippen LogP contribution in [0.15, 0.2) is 47.5 Å². The number of nitrogens with zero attached hydrogens (tertiary/aromatic N) is 3. The van der Waals surface area contributed by atoms with Gasteiger partial charge in [0.15, 0.2) is 0 Å². The molecule has 0 unspecified atom stereocenters. The molecule has 1 aliphatic heterocycles. The smallest absolute Gasteiger partial charge is 0.324 e. The fraction of sp³-hybridized carbons (Fsp3) is 0.261. The summed E-state index contributed by atoms with van der Waals surface area (Å²) in [6.07, 6.45) is 3.21. The van der Waals surface area contributed by atoms with Gasteiger partial charge in [-0.2, -0.15) is 0 Å². The third-order valence-corrected chi connectivity index (χ3v) is 7.99. The van der Waals surface area contributed by atoms with E-state index in [2.05, 4.69) is 0 Å². The number of carbonyl (C=O) groups excluding carboxylic acids is 2. The molecule has 3 aromatic rings. The summed E-state index contributed by atoms with van der Waals surface area (Å²) >= 11 is 11.9. The normalized spacial score (nSPS) is 13.9. The molecule has 0 radical (unpaired) electrons. The Hall–Kier alpha value is -3.08. The Morgan fingerprint density at radius 3 is 2.26 bits per heavy atom. The first-order chi connectivity index (χ1) is 16.5. The van der Waals surface area contributed by atoms with Crippen LogP contribution in [0, 0.1) is 0 Å². The van der Waals surface area contributed by atoms with Crippen LogP contribution in [-0.4, -0.2) is 60.3 Å². The number of aryl methyl sites for hydroxylation is 1. The van der Waals surface area contributed by atoms with Gasteiger partial charge in [0.1, 0.15) is 6.54 Å². The second kappa shape index (κ2) is 9.52. The Balaban J connectivity index is 1.78. The van der Waals surface area contributed by atoms with Crippen LogP contribution in [0.2, 0.25) is 10.0 Å². The molecule has 12 heteroatoms. The SMILES string of the molecule is Cn1cc(C(=O)C(=O)N2CCCC2)c2ccc(N(CC(=O)O)S(=O)(=O)c3cc(Cl)cc(Cl)c3)cc21. The molecule has 2 heterocycles. The monoisotopic (exact) mass is 537 g/mol. The average molecular weight is 538 g/mol. The van der Waals surface area contributed by atoms with E-state index in [-0.39, 0.29) is 26.2 Å². The highest BCUT2D eigenvalue weighted by atomic mass is 35.5. The Morgan fingerprint density at radius 1 is 1.03 bits per heavy atom. The van der Waals surface area contributed by atoms with Crippen molar-refractivity contribution in [2.45, 2.75) is 17.7 Å². The molecule has 0 aliphatic carbocycles. The number of hydrogen-bond acceptors (Lipinski definition) is 5. The number of ketones is 1. The molecule has 184 valence electrons. The van der Waals surface area contributed by atoms with Crippen LogP contribution in [0.5, 0.6) is 0 Å². The Labute approximate surface area is 211 Å². The van der Waals surface area contributed by atoms with E-state index >= 15 is 0 Å². The maximum atomic E-state index is 13.4. The zero-order chi connectivity index (χ0) is 25.5. The summed E-state index contributed by atoms with van der Waals surface area (Å²) in [5.41, 5.74) is 0.706. The van der Waals surface area contributed by atoms with Crippen molar-refractivity contribution in [3.8, 4) is 0 Å². The number of aliphatic carboxylic acids is 1. The Kier molecular flexibility index (Phi) is 6.81. The molecule has 0 saturated carbocycles. The zero-order valence-electron chi connectivity index (χ0n) is 18.6. The predicted octanol–water partition coefficient (Wildman–Crippen LogP) is 3.57. The number of Topliss-reactive ketones (excluding diaryl/α,β-unsaturated/α-hetero) is 1. The third kappa shape index (κ3) is 4.86. The summed E-state index contributed by atoms with van der Waals surface area (Å²) in [5.74, 6) is -2.60. The molecule has 0 spiro atoms. The molecule has 1 saturated heterocycles. The minimum atomic E-state index is -4.36. The summed E-state index contributed by atoms with van der Waals surface area (Å²) in [6, 6.07) is 8.08. The molecule has 0 bridgehead atoms. The van der Waals surface area contributed by atoms with Gasteiger partial charge in [-0.25, -0.2) is 8.42 Å². The van der Waals surface area contributed by atoms with E-state index in [0.717, 1.165) is 17.1 Å². The highest BCUT2D eigenvalue weighted by Gasteiger charge is 2.30. The molecule has 1 fully saturated rings. The van der Waals surface area contributed by atoms with Crippen LogP contribution < -0.4 is 4.31 Å². The van der Waals surface area contributed by atoms with Crippen LogP contribution in [0.3, 0.4) is 0 Å². The van der Waals surface area contributed by atoms with Crippen LogP contribution in [0.1, 0.15) is 23.2 Å². The molecule has 35 heavy (non-hydrogen) atoms. The van der Waals surface area contributed by atoms with Crippen molar-refractivity contribution in [2.75, 3.05) is 23.9 Å². The number of hydrogen-bond donors (Lipinski definition) is 1. The van der Waals surface area contributed by atoms with Gasteiger partial charge in [0.05, 0.1) is 21.7 Å². The number of anilines is 1. The Bertz CT molecular complexity index is 1440. The minimum Gasteiger partial charge on any atom is -0.480 e. The first kappa shape index (κ1) is 25.0. The summed E-state index contributed by atoms with van der Waals surface area (Å²) < 4.78 is 29.1. The fourth-order valence-electron chi connectivity index (χ4n) is 4.13. The van der Waals surface area contributed by atoms with Crippen LogP contribution in [0.25, 0.3) is 10.9 Å². The fourth-order valence-corrected chi connectivity index (χ4v) is 6.26. The van der Waals surface area contributed by atoms with Crippen molar-refractivity contribution in [1.29, 1.82) is 0 Å². The van der Waals surface area contributed by atoms with Gasteiger partial charge >= 0.3 is 5.97 Å². The number of likely N-dealkylation sites (tertiary alicyclic amines) is 1. The second-order valence-electron chi connectivity index (χ2n) is 8.19. The summed E-state index contributed by atoms with van der Waals surface area (Å²) in [5, 5.41) is 10.0. The number of benzene rings is 2. The van der Waals surface area contributed by atoms with Gasteiger partial charge in [0, 0.05) is 41.8 Å². The maximum absolute atomic E-state index is 13.4. The number of carboxylic acids is 1. The van der Waals surface area contributed by atoms with E-state index < -0.39 is 34.2 Å². The highest BCUT2D eigenvalue weighted by molar-refractivity contribution is 7.92. The van der Waals surface area contributed by atoms with Gasteiger partial charge in [0.25, 0.3) is 21.7 Å². The zero-order valence-corrected chi connectivity index (χ0v) is 20.9. The maximum Gasteiger partial charge on any atom is 0.324 e. The lowest BCUT2D eigenvalue weighted by atomic mass is 10.1. The van der Waals surface area contributed by atoms with Crippen molar-refractivity contribution in [3.05, 3.63) is 58.2 Å². The van der Waals surface area contributed by atoms with Crippen molar-refractivity contribution in [1.82, 2.24) is 9.47 Å². The summed E-state index contributed by atoms with van der Waals surface area (Å²) in [4.78, 5) is 38.4. The lowest BCUT2D eigenvalue weighted by Crippen LogP contribution is -2.35. The van der Waals surface area contributed by atoms with Gasteiger partial charge in [0.2, 0.25) is 0 Å². The van der Waals surface area contributed by atoms with E-state index in [1.807, 2.05) is 0 Å². The van der Waals surface area contributed by atoms with E-state index in [1.165, 1.54) is 47.5 Å². The summed E-state index contributed by atoms with van der Waals surface area (Å²) in [7, 11) is -2.71. The number of sulfonamides is 1. The van der Waals surface area contributed by atoms with Crippen molar-refractivity contribution in [2.24, 2.45) is 7.05 Å². The number of amides is 1. The molecule has 4 rings (SSSR count). The van der Waals surface area contributed by atoms with Crippen LogP contribution in [0.4, 0.5) is 5.69 Å². The van der Waals surface area contributed by atoms with E-state index in [9.17, 15) is 27.9 Å². The average Bonchev–Trinajstić information content (AvgIpc) is 3.44. The number of carboxylic acid groups (broad SMARTS) is 1. The molecular formula is C23H21Cl2N3O6S. The number of carbonyl (C=O) groups is 3. The topological polar surface area (TPSA) is 117 Å². The lowest BCUT2D eigenvalue weighted by Gasteiger charge is -2.23. The van der Waals surface area contributed by atoms with Crippen molar-refractivity contribution in [3.63, 3.8) is 0 Å². The molecular weight excluding hydrogens is 517 g/mol. The third-order valence-electron chi connectivity index (χ3n) is 5.80. The largest absolute Gasteiger partial charge is 0.480 e. The summed E-state index contributed by atoms with van der Waals surface area (Å²) in [6.45, 7) is 0.214. The molecule has 1 amide bonds. The first-order valence-corrected chi connectivity index (χ1v) is 12.8. The van der Waals surface area contributed by atoms with Crippen molar-refractivity contribution < 1.29 is 27.9 Å². The Morgan fingerprint density at radius 2 is 1.66 bits per heavy atom. The molecule has 9 nitrogen and oxygen atoms in total. The minimum absolute atomic E-state index is 0.0575. The number of fused-ring (bicyclic) bond motifs is 1. The molecule has 0 atom stereocenters. The molecule has 1 aromatic heterocycles. The van der Waals surface area contributed by atoms with Gasteiger partial charge in [-0.15, -0.1) is 0 Å². The number of halogens is 2. The number of rotatable bonds is 7. The number of aromatic nitrogens is 1. The van der Waals surface area contributed by atoms with E-state index in [4.69, 9.17) is 23.2 Å². The van der Waals surface area contributed by atoms with Gasteiger partial charge in [-0.3, -0.25) is 18.7 Å². The van der Waals surface area contributed by atoms with E-state index in [1.54, 1.807) is 11.6 Å². The standard InChI is InChI=1S/C23H21Cl2N3O6S/c1-26-12-19(22(31)23(32)27-6-2-3-7-27)18-5-4-16(11-20(18)26)28(13-21(29)30)35(33,34)17-9-14(24)8-15(25)10-17/h4-5,8-12H,2-3,6-7,13H2,1H3,(H,29,30). The van der Waals surface area contributed by atoms with Gasteiger partial charge in [-0.1, -0.05) is 23.2 Å². The van der Waals surface area contributed by atoms with E-state index in [0.29, 0.717) is 24.0 Å². The van der Waals surface area contributed by atoms with Gasteiger partial charge in [-0.05, 0) is 49.2 Å². The quantitative estimate of drug-likeness (QED) is 0.363. The lowest BCUT2D eigenvalue weighted by molar-refractivity contribution is -0.135. The van der Waals surface area contributed by atoms with Crippen molar-refractivity contribution >= 4 is 67.5 Å². The van der Waals surface area contributed by atoms with Gasteiger partial charge < -0.3 is 14.6 Å². The predicted molar refractivity (Wildman–Crippen MR) is 132 cm³/mol. The molecule has 1 aliphatic rings. The molecule has 1 N–H and O–H groups in total. The van der Waals surface area contributed by atoms with Crippen LogP contribution >= 0.6 is 23.2 Å². The highest BCUT2D eigenvalue weighted by Crippen LogP contribution is 2.32. The van der Waals surface area contributed by atoms with Crippen LogP contribution in [-0.2, 0) is 26.7 Å². The molecule has 2 aromatic carbocycles. The first-order valence-electron chi connectivity index (χ1n) is 10.6. The second-order valence-corrected chi connectivity index (χ2v) is 10.9.